The Hall–Kier alpha value is -1.64. The van der Waals surface area contributed by atoms with Crippen molar-refractivity contribution in [1.82, 2.24) is 0 Å². The molecule has 1 amide bonds. The number of ether oxygens (including phenoxy) is 1. The fourth-order valence-electron chi connectivity index (χ4n) is 1.06. The molecule has 1 atom stereocenters. The van der Waals surface area contributed by atoms with E-state index in [1.54, 1.807) is 0 Å². The van der Waals surface area contributed by atoms with Crippen molar-refractivity contribution in [1.29, 1.82) is 0 Å². The molecule has 0 fully saturated rings. The summed E-state index contributed by atoms with van der Waals surface area (Å²) in [7, 11) is -4.55. The van der Waals surface area contributed by atoms with Crippen LogP contribution in [0.1, 0.15) is 11.0 Å². The molecular formula is C9H11NO6S. The van der Waals surface area contributed by atoms with E-state index >= 15 is 0 Å². The van der Waals surface area contributed by atoms with Gasteiger partial charge in [0.05, 0.1) is 0 Å². The Morgan fingerprint density at radius 3 is 2.29 bits per heavy atom. The summed E-state index contributed by atoms with van der Waals surface area (Å²) in [6, 6.07) is 5.17. The number of primary amides is 1. The van der Waals surface area contributed by atoms with Crippen LogP contribution in [0.15, 0.2) is 24.3 Å². The molecule has 94 valence electrons. The molecule has 0 bridgehead atoms. The lowest BCUT2D eigenvalue weighted by Gasteiger charge is -2.08. The molecule has 0 aliphatic carbocycles. The van der Waals surface area contributed by atoms with Gasteiger partial charge in [-0.25, -0.2) is 0 Å². The molecule has 0 saturated heterocycles. The normalized spacial score (nSPS) is 13.1. The molecule has 17 heavy (non-hydrogen) atoms. The Labute approximate surface area is 97.6 Å². The average Bonchev–Trinajstić information content (AvgIpc) is 2.25. The molecular weight excluding hydrogens is 250 g/mol. The van der Waals surface area contributed by atoms with Crippen LogP contribution in [0.5, 0.6) is 5.75 Å². The highest BCUT2D eigenvalue weighted by Gasteiger charge is 2.21. The number of rotatable bonds is 5. The molecule has 0 saturated carbocycles. The molecule has 1 aromatic carbocycles. The zero-order valence-corrected chi connectivity index (χ0v) is 9.42. The maximum absolute atomic E-state index is 10.6. The lowest BCUT2D eigenvalue weighted by molar-refractivity contribution is -0.119. The Balaban J connectivity index is 2.78. The summed E-state index contributed by atoms with van der Waals surface area (Å²) in [5, 5.41) is 9.21. The summed E-state index contributed by atoms with van der Waals surface area (Å²) >= 11 is 0. The van der Waals surface area contributed by atoms with Crippen molar-refractivity contribution in [3.63, 3.8) is 0 Å². The van der Waals surface area contributed by atoms with Crippen LogP contribution in [0.3, 0.4) is 0 Å². The third-order valence-electron chi connectivity index (χ3n) is 1.83. The third kappa shape index (κ3) is 4.02. The number of aliphatic hydroxyl groups is 1. The molecule has 0 heterocycles. The van der Waals surface area contributed by atoms with Crippen LogP contribution in [0.4, 0.5) is 0 Å². The number of aliphatic hydroxyl groups excluding tert-OH is 1. The van der Waals surface area contributed by atoms with Gasteiger partial charge in [0.1, 0.15) is 5.75 Å². The molecule has 0 spiro atoms. The van der Waals surface area contributed by atoms with Gasteiger partial charge >= 0.3 is 0 Å². The van der Waals surface area contributed by atoms with Gasteiger partial charge in [0.2, 0.25) is 5.44 Å². The Bertz CT molecular complexity index is 495. The maximum atomic E-state index is 10.6. The van der Waals surface area contributed by atoms with Crippen LogP contribution < -0.4 is 10.5 Å². The number of carbonyl (C=O) groups excluding carboxylic acids is 1. The van der Waals surface area contributed by atoms with E-state index in [1.165, 1.54) is 24.3 Å². The Morgan fingerprint density at radius 1 is 1.35 bits per heavy atom. The van der Waals surface area contributed by atoms with E-state index in [-0.39, 0.29) is 17.9 Å². The van der Waals surface area contributed by atoms with Crippen molar-refractivity contribution < 1.29 is 27.6 Å². The standard InChI is InChI=1S/C9H11NO6S/c10-8(11)5-16-7-3-1-6(2-4-7)9(12)17(13,14)15/h1-4,9,12H,5H2,(H2,10,11)(H,13,14,15). The summed E-state index contributed by atoms with van der Waals surface area (Å²) in [4.78, 5) is 10.4. The quantitative estimate of drug-likeness (QED) is 0.609. The van der Waals surface area contributed by atoms with Crippen LogP contribution in [0, 0.1) is 0 Å². The van der Waals surface area contributed by atoms with Gasteiger partial charge in [-0.15, -0.1) is 0 Å². The van der Waals surface area contributed by atoms with Crippen molar-refractivity contribution in [3.8, 4) is 5.75 Å². The zero-order valence-electron chi connectivity index (χ0n) is 8.61. The molecule has 1 rings (SSSR count). The Morgan fingerprint density at radius 2 is 1.88 bits per heavy atom. The van der Waals surface area contributed by atoms with Crippen LogP contribution in [0.2, 0.25) is 0 Å². The highest BCUT2D eigenvalue weighted by molar-refractivity contribution is 7.85. The molecule has 0 aliphatic heterocycles. The molecule has 8 heteroatoms. The van der Waals surface area contributed by atoms with E-state index < -0.39 is 21.5 Å². The lowest BCUT2D eigenvalue weighted by atomic mass is 10.2. The second kappa shape index (κ2) is 5.13. The second-order valence-electron chi connectivity index (χ2n) is 3.19. The van der Waals surface area contributed by atoms with E-state index in [9.17, 15) is 18.3 Å². The molecule has 7 nitrogen and oxygen atoms in total. The Kier molecular flexibility index (Phi) is 4.05. The predicted octanol–water partition coefficient (Wildman–Crippen LogP) is -0.571. The van der Waals surface area contributed by atoms with Gasteiger partial charge in [0.15, 0.2) is 6.61 Å². The molecule has 1 unspecified atom stereocenters. The van der Waals surface area contributed by atoms with Gasteiger partial charge in [-0.05, 0) is 17.7 Å². The van der Waals surface area contributed by atoms with Crippen LogP contribution in [-0.2, 0) is 14.9 Å². The summed E-state index contributed by atoms with van der Waals surface area (Å²) in [6.45, 7) is -0.305. The number of amides is 1. The summed E-state index contributed by atoms with van der Waals surface area (Å²) < 4.78 is 34.8. The molecule has 0 aromatic heterocycles. The SMILES string of the molecule is NC(=O)COc1ccc(C(O)S(=O)(=O)O)cc1. The number of benzene rings is 1. The van der Waals surface area contributed by atoms with Crippen molar-refractivity contribution in [2.75, 3.05) is 6.61 Å². The smallest absolute Gasteiger partial charge is 0.296 e. The van der Waals surface area contributed by atoms with E-state index in [2.05, 4.69) is 0 Å². The minimum Gasteiger partial charge on any atom is -0.484 e. The summed E-state index contributed by atoms with van der Waals surface area (Å²) in [6.07, 6.45) is 0. The first-order valence-electron chi connectivity index (χ1n) is 4.46. The first kappa shape index (κ1) is 13.4. The van der Waals surface area contributed by atoms with Crippen LogP contribution >= 0.6 is 0 Å². The first-order chi connectivity index (χ1) is 7.80. The maximum Gasteiger partial charge on any atom is 0.296 e. The van der Waals surface area contributed by atoms with Gasteiger partial charge in [-0.3, -0.25) is 9.35 Å². The van der Waals surface area contributed by atoms with Crippen LogP contribution in [0.25, 0.3) is 0 Å². The first-order valence-corrected chi connectivity index (χ1v) is 5.96. The third-order valence-corrected chi connectivity index (χ3v) is 2.66. The number of hydrogen-bond acceptors (Lipinski definition) is 5. The zero-order chi connectivity index (χ0) is 13.1. The van der Waals surface area contributed by atoms with E-state index in [4.69, 9.17) is 15.0 Å². The minimum atomic E-state index is -4.55. The van der Waals surface area contributed by atoms with Crippen molar-refractivity contribution in [3.05, 3.63) is 29.8 Å². The molecule has 1 aromatic rings. The largest absolute Gasteiger partial charge is 0.484 e. The molecule has 4 N–H and O–H groups in total. The van der Waals surface area contributed by atoms with Gasteiger partial charge < -0.3 is 15.6 Å². The molecule has 0 radical (unpaired) electrons. The monoisotopic (exact) mass is 261 g/mol. The van der Waals surface area contributed by atoms with E-state index in [1.807, 2.05) is 0 Å². The minimum absolute atomic E-state index is 0.0149. The van der Waals surface area contributed by atoms with Crippen molar-refractivity contribution in [2.45, 2.75) is 5.44 Å². The van der Waals surface area contributed by atoms with Gasteiger partial charge in [-0.1, -0.05) is 12.1 Å². The highest BCUT2D eigenvalue weighted by Crippen LogP contribution is 2.21. The summed E-state index contributed by atoms with van der Waals surface area (Å²) in [5.41, 5.74) is 2.84. The van der Waals surface area contributed by atoms with Gasteiger partial charge in [-0.2, -0.15) is 8.42 Å². The fraction of sp³-hybridized carbons (Fsp3) is 0.222. The number of carbonyl (C=O) groups is 1. The predicted molar refractivity (Wildman–Crippen MR) is 57.6 cm³/mol. The average molecular weight is 261 g/mol. The fourth-order valence-corrected chi connectivity index (χ4v) is 1.56. The molecule has 0 aliphatic rings. The topological polar surface area (TPSA) is 127 Å². The lowest BCUT2D eigenvalue weighted by Crippen LogP contribution is -2.20. The highest BCUT2D eigenvalue weighted by atomic mass is 32.2. The van der Waals surface area contributed by atoms with Crippen molar-refractivity contribution >= 4 is 16.0 Å². The van der Waals surface area contributed by atoms with E-state index in [0.717, 1.165) is 0 Å². The van der Waals surface area contributed by atoms with Crippen molar-refractivity contribution in [2.24, 2.45) is 5.73 Å². The van der Waals surface area contributed by atoms with Gasteiger partial charge in [0.25, 0.3) is 16.0 Å². The van der Waals surface area contributed by atoms with Gasteiger partial charge in [0, 0.05) is 0 Å². The number of hydrogen-bond donors (Lipinski definition) is 3. The number of nitrogens with two attached hydrogens (primary N) is 1. The summed E-state index contributed by atoms with van der Waals surface area (Å²) in [5.74, 6) is -0.359. The second-order valence-corrected chi connectivity index (χ2v) is 4.67. The van der Waals surface area contributed by atoms with E-state index in [0.29, 0.717) is 0 Å². The van der Waals surface area contributed by atoms with Crippen LogP contribution in [-0.4, -0.2) is 30.6 Å².